The van der Waals surface area contributed by atoms with E-state index in [1.807, 2.05) is 6.07 Å². The van der Waals surface area contributed by atoms with E-state index in [2.05, 4.69) is 53.2 Å². The monoisotopic (exact) mass is 379 g/mol. The topological polar surface area (TPSA) is 56.7 Å². The van der Waals surface area contributed by atoms with Crippen molar-refractivity contribution >= 4 is 16.7 Å². The molecular weight excluding hydrogens is 354 g/mol. The normalized spacial score (nSPS) is 14.4. The number of morpholine rings is 1. The molecule has 0 atom stereocenters. The van der Waals surface area contributed by atoms with Crippen LogP contribution in [0, 0.1) is 6.92 Å². The van der Waals surface area contributed by atoms with Gasteiger partial charge in [-0.05, 0) is 30.2 Å². The van der Waals surface area contributed by atoms with Gasteiger partial charge < -0.3 is 19.1 Å². The van der Waals surface area contributed by atoms with Gasteiger partial charge >= 0.3 is 6.01 Å². The summed E-state index contributed by atoms with van der Waals surface area (Å²) in [7, 11) is 1.65. The zero-order chi connectivity index (χ0) is 19.3. The van der Waals surface area contributed by atoms with Gasteiger partial charge in [0.15, 0.2) is 0 Å². The Kier molecular flexibility index (Phi) is 5.69. The van der Waals surface area contributed by atoms with Gasteiger partial charge in [-0.1, -0.05) is 35.9 Å². The summed E-state index contributed by atoms with van der Waals surface area (Å²) in [5.41, 5.74) is 4.46. The fourth-order valence-corrected chi connectivity index (χ4v) is 3.39. The Labute approximate surface area is 165 Å². The van der Waals surface area contributed by atoms with Crippen molar-refractivity contribution in [1.82, 2.24) is 9.97 Å². The highest BCUT2D eigenvalue weighted by Crippen LogP contribution is 2.31. The molecule has 146 valence electrons. The van der Waals surface area contributed by atoms with Crippen molar-refractivity contribution in [2.75, 3.05) is 51.5 Å². The highest BCUT2D eigenvalue weighted by atomic mass is 16.5. The summed E-state index contributed by atoms with van der Waals surface area (Å²) in [6.07, 6.45) is 0. The van der Waals surface area contributed by atoms with Gasteiger partial charge in [-0.15, -0.1) is 0 Å². The average molecular weight is 379 g/mol. The number of hydrogen-bond donors (Lipinski definition) is 0. The minimum atomic E-state index is 0.384. The van der Waals surface area contributed by atoms with E-state index in [0.717, 1.165) is 35.4 Å². The van der Waals surface area contributed by atoms with E-state index in [0.29, 0.717) is 32.4 Å². The Morgan fingerprint density at radius 1 is 1.00 bits per heavy atom. The van der Waals surface area contributed by atoms with Gasteiger partial charge in [-0.3, -0.25) is 0 Å². The van der Waals surface area contributed by atoms with Crippen LogP contribution >= 0.6 is 0 Å². The highest BCUT2D eigenvalue weighted by molar-refractivity contribution is 5.93. The van der Waals surface area contributed by atoms with Crippen molar-refractivity contribution in [3.63, 3.8) is 0 Å². The molecule has 4 rings (SSSR count). The molecular formula is C22H25N3O3. The van der Waals surface area contributed by atoms with Crippen molar-refractivity contribution in [3.05, 3.63) is 48.0 Å². The maximum atomic E-state index is 5.71. The van der Waals surface area contributed by atoms with Crippen LogP contribution in [-0.2, 0) is 9.47 Å². The molecule has 1 saturated heterocycles. The summed E-state index contributed by atoms with van der Waals surface area (Å²) in [6, 6.07) is 15.2. The minimum absolute atomic E-state index is 0.384. The number of nitrogens with zero attached hydrogens (tertiary/aromatic N) is 3. The van der Waals surface area contributed by atoms with Gasteiger partial charge in [0.05, 0.1) is 25.3 Å². The zero-order valence-corrected chi connectivity index (χ0v) is 16.4. The Morgan fingerprint density at radius 3 is 2.61 bits per heavy atom. The Hall–Kier alpha value is -2.70. The largest absolute Gasteiger partial charge is 0.461 e. The lowest BCUT2D eigenvalue weighted by molar-refractivity contribution is 0.122. The molecule has 0 spiro atoms. The molecule has 0 saturated carbocycles. The third kappa shape index (κ3) is 4.08. The summed E-state index contributed by atoms with van der Waals surface area (Å²) >= 11 is 0. The molecule has 3 aromatic rings. The highest BCUT2D eigenvalue weighted by Gasteiger charge is 2.18. The summed E-state index contributed by atoms with van der Waals surface area (Å²) in [5, 5.41) is 1.03. The molecule has 0 bridgehead atoms. The fourth-order valence-electron chi connectivity index (χ4n) is 3.39. The Balaban J connectivity index is 1.78. The Bertz CT molecular complexity index is 955. The molecule has 6 nitrogen and oxygen atoms in total. The first kappa shape index (κ1) is 18.7. The van der Waals surface area contributed by atoms with Gasteiger partial charge in [0, 0.05) is 25.6 Å². The number of rotatable bonds is 6. The van der Waals surface area contributed by atoms with Crippen LogP contribution in [-0.4, -0.2) is 56.6 Å². The first-order chi connectivity index (χ1) is 13.7. The number of anilines is 1. The SMILES string of the molecule is COCCOc1nc(N2CCOCC2)c2cc(-c3cccc(C)c3)ccc2n1. The van der Waals surface area contributed by atoms with Gasteiger partial charge in [0.1, 0.15) is 12.4 Å². The molecule has 0 N–H and O–H groups in total. The van der Waals surface area contributed by atoms with E-state index in [4.69, 9.17) is 19.2 Å². The second-order valence-electron chi connectivity index (χ2n) is 6.87. The van der Waals surface area contributed by atoms with Crippen LogP contribution in [0.4, 0.5) is 5.82 Å². The predicted molar refractivity (Wildman–Crippen MR) is 110 cm³/mol. The van der Waals surface area contributed by atoms with Gasteiger partial charge in [0.25, 0.3) is 0 Å². The lowest BCUT2D eigenvalue weighted by Crippen LogP contribution is -2.37. The van der Waals surface area contributed by atoms with Gasteiger partial charge in [0.2, 0.25) is 0 Å². The molecule has 0 amide bonds. The minimum Gasteiger partial charge on any atom is -0.461 e. The number of ether oxygens (including phenoxy) is 3. The summed E-state index contributed by atoms with van der Waals surface area (Å²) in [4.78, 5) is 11.6. The lowest BCUT2D eigenvalue weighted by atomic mass is 10.0. The molecule has 0 radical (unpaired) electrons. The third-order valence-corrected chi connectivity index (χ3v) is 4.84. The molecule has 0 unspecified atom stereocenters. The van der Waals surface area contributed by atoms with E-state index in [1.165, 1.54) is 11.1 Å². The van der Waals surface area contributed by atoms with E-state index in [9.17, 15) is 0 Å². The number of hydrogen-bond acceptors (Lipinski definition) is 6. The number of benzene rings is 2. The lowest BCUT2D eigenvalue weighted by Gasteiger charge is -2.29. The van der Waals surface area contributed by atoms with Crippen molar-refractivity contribution in [1.29, 1.82) is 0 Å². The second kappa shape index (κ2) is 8.54. The standard InChI is InChI=1S/C22H25N3O3/c1-16-4-3-5-17(14-16)18-6-7-20-19(15-18)21(25-8-10-27-11-9-25)24-22(23-20)28-13-12-26-2/h3-7,14-15H,8-13H2,1-2H3. The molecule has 1 aromatic heterocycles. The summed E-state index contributed by atoms with van der Waals surface area (Å²) < 4.78 is 16.3. The van der Waals surface area contributed by atoms with Gasteiger partial charge in [-0.25, -0.2) is 0 Å². The molecule has 1 aliphatic heterocycles. The summed E-state index contributed by atoms with van der Waals surface area (Å²) in [6.45, 7) is 6.03. The maximum absolute atomic E-state index is 5.71. The molecule has 1 fully saturated rings. The molecule has 6 heteroatoms. The van der Waals surface area contributed by atoms with Crippen LogP contribution in [0.1, 0.15) is 5.56 Å². The second-order valence-corrected chi connectivity index (χ2v) is 6.87. The average Bonchev–Trinajstić information content (AvgIpc) is 2.74. The van der Waals surface area contributed by atoms with Crippen molar-refractivity contribution in [2.24, 2.45) is 0 Å². The number of aryl methyl sites for hydroxylation is 1. The van der Waals surface area contributed by atoms with E-state index < -0.39 is 0 Å². The van der Waals surface area contributed by atoms with Crippen molar-refractivity contribution in [2.45, 2.75) is 6.92 Å². The van der Waals surface area contributed by atoms with Crippen LogP contribution < -0.4 is 9.64 Å². The molecule has 2 heterocycles. The van der Waals surface area contributed by atoms with Gasteiger partial charge in [-0.2, -0.15) is 9.97 Å². The number of aromatic nitrogens is 2. The number of methoxy groups -OCH3 is 1. The van der Waals surface area contributed by atoms with Crippen LogP contribution in [0.15, 0.2) is 42.5 Å². The van der Waals surface area contributed by atoms with E-state index >= 15 is 0 Å². The maximum Gasteiger partial charge on any atom is 0.319 e. The molecule has 28 heavy (non-hydrogen) atoms. The summed E-state index contributed by atoms with van der Waals surface area (Å²) in [5.74, 6) is 0.898. The third-order valence-electron chi connectivity index (χ3n) is 4.84. The predicted octanol–water partition coefficient (Wildman–Crippen LogP) is 3.47. The van der Waals surface area contributed by atoms with Crippen LogP contribution in [0.2, 0.25) is 0 Å². The Morgan fingerprint density at radius 2 is 1.82 bits per heavy atom. The van der Waals surface area contributed by atoms with Crippen molar-refractivity contribution in [3.8, 4) is 17.1 Å². The first-order valence-electron chi connectivity index (χ1n) is 9.58. The zero-order valence-electron chi connectivity index (χ0n) is 16.4. The smallest absolute Gasteiger partial charge is 0.319 e. The van der Waals surface area contributed by atoms with Crippen LogP contribution in [0.3, 0.4) is 0 Å². The van der Waals surface area contributed by atoms with Crippen LogP contribution in [0.25, 0.3) is 22.0 Å². The molecule has 0 aliphatic carbocycles. The number of fused-ring (bicyclic) bond motifs is 1. The quantitative estimate of drug-likeness (QED) is 0.612. The van der Waals surface area contributed by atoms with E-state index in [1.54, 1.807) is 7.11 Å². The molecule has 2 aromatic carbocycles. The fraction of sp³-hybridized carbons (Fsp3) is 0.364. The molecule has 1 aliphatic rings. The van der Waals surface area contributed by atoms with E-state index in [-0.39, 0.29) is 0 Å². The first-order valence-corrected chi connectivity index (χ1v) is 9.58. The van der Waals surface area contributed by atoms with Crippen LogP contribution in [0.5, 0.6) is 6.01 Å². The van der Waals surface area contributed by atoms with Crippen molar-refractivity contribution < 1.29 is 14.2 Å².